The normalized spacial score (nSPS) is 23.6. The van der Waals surface area contributed by atoms with Crippen molar-refractivity contribution in [3.63, 3.8) is 0 Å². The van der Waals surface area contributed by atoms with Crippen molar-refractivity contribution in [2.45, 2.75) is 85.5 Å². The van der Waals surface area contributed by atoms with Gasteiger partial charge in [-0.3, -0.25) is 4.79 Å². The Balaban J connectivity index is 2.88. The Morgan fingerprint density at radius 1 is 1.19 bits per heavy atom. The monoisotopic (exact) mass is 300 g/mol. The van der Waals surface area contributed by atoms with E-state index in [9.17, 15) is 15.0 Å². The first-order chi connectivity index (χ1) is 9.20. The number of esters is 1. The zero-order valence-electron chi connectivity index (χ0n) is 14.8. The first-order valence-electron chi connectivity index (χ1n) is 7.86. The lowest BCUT2D eigenvalue weighted by Crippen LogP contribution is -2.50. The van der Waals surface area contributed by atoms with Gasteiger partial charge in [0.25, 0.3) is 0 Å². The van der Waals surface area contributed by atoms with Crippen LogP contribution in [0.25, 0.3) is 0 Å². The van der Waals surface area contributed by atoms with Crippen LogP contribution < -0.4 is 0 Å². The number of ether oxygens (including phenoxy) is 1. The highest BCUT2D eigenvalue weighted by atomic mass is 16.5. The molecular formula is C17H32O4. The van der Waals surface area contributed by atoms with Crippen molar-refractivity contribution in [1.29, 1.82) is 0 Å². The van der Waals surface area contributed by atoms with Crippen molar-refractivity contribution in [2.24, 2.45) is 16.7 Å². The van der Waals surface area contributed by atoms with Gasteiger partial charge in [-0.2, -0.15) is 0 Å². The average molecular weight is 300 g/mol. The first-order valence-corrected chi connectivity index (χ1v) is 7.86. The van der Waals surface area contributed by atoms with E-state index < -0.39 is 22.0 Å². The Kier molecular flexibility index (Phi) is 4.60. The molecule has 124 valence electrons. The molecule has 2 unspecified atom stereocenters. The van der Waals surface area contributed by atoms with Gasteiger partial charge < -0.3 is 14.9 Å². The molecule has 1 rings (SSSR count). The smallest absolute Gasteiger partial charge is 0.311 e. The fraction of sp³-hybridized carbons (Fsp3) is 0.941. The van der Waals surface area contributed by atoms with Crippen molar-refractivity contribution in [3.8, 4) is 0 Å². The van der Waals surface area contributed by atoms with Crippen LogP contribution in [0.2, 0.25) is 0 Å². The molecule has 21 heavy (non-hydrogen) atoms. The maximum Gasteiger partial charge on any atom is 0.311 e. The molecule has 1 saturated carbocycles. The zero-order chi connectivity index (χ0) is 16.9. The van der Waals surface area contributed by atoms with E-state index in [1.807, 2.05) is 27.7 Å². The molecule has 4 nitrogen and oxygen atoms in total. The molecular weight excluding hydrogens is 268 g/mol. The van der Waals surface area contributed by atoms with Crippen LogP contribution in [-0.4, -0.2) is 33.5 Å². The quantitative estimate of drug-likeness (QED) is 0.740. The first kappa shape index (κ1) is 18.4. The summed E-state index contributed by atoms with van der Waals surface area (Å²) >= 11 is 0. The van der Waals surface area contributed by atoms with E-state index in [1.165, 1.54) is 0 Å². The second-order valence-electron chi connectivity index (χ2n) is 8.25. The predicted octanol–water partition coefficient (Wildman–Crippen LogP) is 2.90. The minimum atomic E-state index is -1.03. The number of carbonyl (C=O) groups is 1. The molecule has 0 heterocycles. The Bertz CT molecular complexity index is 384. The van der Waals surface area contributed by atoms with Gasteiger partial charge >= 0.3 is 5.97 Å². The van der Waals surface area contributed by atoms with Gasteiger partial charge in [0.2, 0.25) is 0 Å². The van der Waals surface area contributed by atoms with E-state index in [-0.39, 0.29) is 18.0 Å². The molecule has 1 fully saturated rings. The second-order valence-corrected chi connectivity index (χ2v) is 8.25. The summed E-state index contributed by atoms with van der Waals surface area (Å²) in [7, 11) is 0. The summed E-state index contributed by atoms with van der Waals surface area (Å²) in [6, 6.07) is 0. The molecule has 0 aromatic rings. The highest BCUT2D eigenvalue weighted by molar-refractivity contribution is 5.76. The van der Waals surface area contributed by atoms with Crippen LogP contribution in [-0.2, 0) is 9.53 Å². The molecule has 0 saturated heterocycles. The summed E-state index contributed by atoms with van der Waals surface area (Å²) in [4.78, 5) is 12.2. The number of aliphatic hydroxyl groups is 2. The van der Waals surface area contributed by atoms with Crippen LogP contribution in [0.3, 0.4) is 0 Å². The summed E-state index contributed by atoms with van der Waals surface area (Å²) in [6.45, 7) is 14.4. The summed E-state index contributed by atoms with van der Waals surface area (Å²) in [5, 5.41) is 21.0. The number of carbonyl (C=O) groups excluding carboxylic acids is 1. The molecule has 1 aliphatic carbocycles. The van der Waals surface area contributed by atoms with Crippen molar-refractivity contribution < 1.29 is 19.7 Å². The van der Waals surface area contributed by atoms with Crippen LogP contribution >= 0.6 is 0 Å². The van der Waals surface area contributed by atoms with Gasteiger partial charge in [-0.15, -0.1) is 0 Å². The Morgan fingerprint density at radius 2 is 1.62 bits per heavy atom. The predicted molar refractivity (Wildman–Crippen MR) is 82.8 cm³/mol. The Morgan fingerprint density at radius 3 is 1.90 bits per heavy atom. The molecule has 4 heteroatoms. The van der Waals surface area contributed by atoms with Crippen LogP contribution in [0.15, 0.2) is 0 Å². The second kappa shape index (κ2) is 5.24. The lowest BCUT2D eigenvalue weighted by molar-refractivity contribution is -0.165. The molecule has 0 aliphatic heterocycles. The third-order valence-electron chi connectivity index (χ3n) is 5.49. The van der Waals surface area contributed by atoms with Crippen LogP contribution in [0.4, 0.5) is 0 Å². The standard InChI is InChI=1S/C17H32O4/c1-9-14(3,4)13(18)21-11(2)12-10-17(12,15(5,6)19)16(7,8)20/h11-12,19-20H,9-10H2,1-8H3. The van der Waals surface area contributed by atoms with E-state index in [1.54, 1.807) is 27.7 Å². The third-order valence-corrected chi connectivity index (χ3v) is 5.49. The molecule has 1 aliphatic rings. The van der Waals surface area contributed by atoms with E-state index in [0.717, 1.165) is 0 Å². The number of hydrogen-bond acceptors (Lipinski definition) is 4. The average Bonchev–Trinajstić information content (AvgIpc) is 3.03. The molecule has 0 spiro atoms. The van der Waals surface area contributed by atoms with Crippen LogP contribution in [0, 0.1) is 16.7 Å². The fourth-order valence-electron chi connectivity index (χ4n) is 3.56. The minimum Gasteiger partial charge on any atom is -0.462 e. The third kappa shape index (κ3) is 3.11. The Labute approximate surface area is 128 Å². The highest BCUT2D eigenvalue weighted by Gasteiger charge is 2.71. The largest absolute Gasteiger partial charge is 0.462 e. The zero-order valence-corrected chi connectivity index (χ0v) is 14.8. The molecule has 0 aromatic carbocycles. The van der Waals surface area contributed by atoms with E-state index in [2.05, 4.69) is 0 Å². The van der Waals surface area contributed by atoms with Gasteiger partial charge in [-0.05, 0) is 61.3 Å². The molecule has 2 N–H and O–H groups in total. The number of rotatable bonds is 6. The van der Waals surface area contributed by atoms with Gasteiger partial charge in [0.15, 0.2) is 0 Å². The highest BCUT2D eigenvalue weighted by Crippen LogP contribution is 2.67. The maximum absolute atomic E-state index is 12.2. The number of hydrogen-bond donors (Lipinski definition) is 2. The molecule has 0 bridgehead atoms. The van der Waals surface area contributed by atoms with E-state index in [4.69, 9.17) is 4.74 Å². The molecule has 0 amide bonds. The summed E-state index contributed by atoms with van der Waals surface area (Å²) in [5.41, 5.74) is -3.21. The van der Waals surface area contributed by atoms with Gasteiger partial charge in [0.1, 0.15) is 6.10 Å². The van der Waals surface area contributed by atoms with Crippen LogP contribution in [0.5, 0.6) is 0 Å². The van der Waals surface area contributed by atoms with Crippen molar-refractivity contribution in [1.82, 2.24) is 0 Å². The van der Waals surface area contributed by atoms with Crippen molar-refractivity contribution >= 4 is 5.97 Å². The van der Waals surface area contributed by atoms with Gasteiger partial charge in [-0.1, -0.05) is 6.92 Å². The summed E-state index contributed by atoms with van der Waals surface area (Å²) < 4.78 is 5.61. The summed E-state index contributed by atoms with van der Waals surface area (Å²) in [5.74, 6) is -0.251. The molecule has 2 atom stereocenters. The van der Waals surface area contributed by atoms with Gasteiger partial charge in [0, 0.05) is 11.3 Å². The van der Waals surface area contributed by atoms with Gasteiger partial charge in [-0.25, -0.2) is 0 Å². The van der Waals surface area contributed by atoms with Crippen molar-refractivity contribution in [2.75, 3.05) is 0 Å². The minimum absolute atomic E-state index is 0.0332. The maximum atomic E-state index is 12.2. The Hall–Kier alpha value is -0.610. The fourth-order valence-corrected chi connectivity index (χ4v) is 3.56. The summed E-state index contributed by atoms with van der Waals surface area (Å²) in [6.07, 6.45) is 1.05. The lowest BCUT2D eigenvalue weighted by Gasteiger charge is -2.41. The van der Waals surface area contributed by atoms with E-state index in [0.29, 0.717) is 12.8 Å². The van der Waals surface area contributed by atoms with Gasteiger partial charge in [0.05, 0.1) is 16.6 Å². The molecule has 0 aromatic heterocycles. The van der Waals surface area contributed by atoms with Crippen molar-refractivity contribution in [3.05, 3.63) is 0 Å². The lowest BCUT2D eigenvalue weighted by atomic mass is 9.73. The SMILES string of the molecule is CCC(C)(C)C(=O)OC(C)C1CC1(C(C)(C)O)C(C)(C)O. The topological polar surface area (TPSA) is 66.8 Å². The van der Waals surface area contributed by atoms with E-state index >= 15 is 0 Å². The molecule has 0 radical (unpaired) electrons. The van der Waals surface area contributed by atoms with Crippen LogP contribution in [0.1, 0.15) is 68.2 Å².